The van der Waals surface area contributed by atoms with Crippen LogP contribution in [0.15, 0.2) is 12.2 Å². The van der Waals surface area contributed by atoms with E-state index >= 15 is 0 Å². The van der Waals surface area contributed by atoms with Crippen molar-refractivity contribution in [3.63, 3.8) is 0 Å². The predicted octanol–water partition coefficient (Wildman–Crippen LogP) is -0.285. The van der Waals surface area contributed by atoms with Crippen LogP contribution in [-0.2, 0) is 9.59 Å². The predicted molar refractivity (Wildman–Crippen MR) is 37.9 cm³/mol. The van der Waals surface area contributed by atoms with E-state index in [0.717, 1.165) is 0 Å². The van der Waals surface area contributed by atoms with Crippen LogP contribution in [0.4, 0.5) is 0 Å². The number of rotatable bonds is 1. The highest BCUT2D eigenvalue weighted by Crippen LogP contribution is 2.20. The van der Waals surface area contributed by atoms with E-state index in [9.17, 15) is 9.59 Å². The maximum Gasteiger partial charge on any atom is 0.312 e. The molecule has 1 atom stereocenters. The van der Waals surface area contributed by atoms with Crippen LogP contribution >= 0.6 is 0 Å². The fourth-order valence-corrected chi connectivity index (χ4v) is 1.09. The van der Waals surface area contributed by atoms with Crippen LogP contribution in [-0.4, -0.2) is 35.5 Å². The molecule has 0 radical (unpaired) electrons. The first-order chi connectivity index (χ1) is 5.04. The molecule has 4 heteroatoms. The molecule has 1 aliphatic rings. The van der Waals surface area contributed by atoms with E-state index in [1.165, 1.54) is 4.90 Å². The molecule has 1 heterocycles. The Kier molecular flexibility index (Phi) is 1.68. The van der Waals surface area contributed by atoms with E-state index in [1.807, 2.05) is 0 Å². The van der Waals surface area contributed by atoms with E-state index in [2.05, 4.69) is 6.58 Å². The lowest BCUT2D eigenvalue weighted by molar-refractivity contribution is -0.140. The standard InChI is InChI=1S/C7H9NO3/c1-4-5(7(10)11)3-8(2)6(4)9/h5H,1,3H2,2H3,(H,10,11). The number of carboxylic acid groups (broad SMARTS) is 1. The van der Waals surface area contributed by atoms with Gasteiger partial charge in [-0.15, -0.1) is 0 Å². The van der Waals surface area contributed by atoms with Crippen molar-refractivity contribution in [1.82, 2.24) is 4.90 Å². The Morgan fingerprint density at radius 3 is 2.55 bits per heavy atom. The minimum atomic E-state index is -0.979. The minimum absolute atomic E-state index is 0.181. The van der Waals surface area contributed by atoms with Crippen molar-refractivity contribution < 1.29 is 14.7 Å². The monoisotopic (exact) mass is 155 g/mol. The quantitative estimate of drug-likeness (QED) is 0.529. The highest BCUT2D eigenvalue weighted by Gasteiger charge is 2.35. The van der Waals surface area contributed by atoms with Gasteiger partial charge in [0, 0.05) is 19.2 Å². The molecule has 4 nitrogen and oxygen atoms in total. The summed E-state index contributed by atoms with van der Waals surface area (Å²) in [7, 11) is 1.57. The number of carbonyl (C=O) groups is 2. The number of amides is 1. The van der Waals surface area contributed by atoms with Crippen molar-refractivity contribution >= 4 is 11.9 Å². The van der Waals surface area contributed by atoms with Gasteiger partial charge < -0.3 is 10.0 Å². The molecule has 0 spiro atoms. The van der Waals surface area contributed by atoms with Gasteiger partial charge in [0.25, 0.3) is 0 Å². The second-order valence-corrected chi connectivity index (χ2v) is 2.60. The molecule has 0 aromatic carbocycles. The summed E-state index contributed by atoms with van der Waals surface area (Å²) in [6, 6.07) is 0. The Balaban J connectivity index is 2.83. The topological polar surface area (TPSA) is 57.6 Å². The number of hydrogen-bond donors (Lipinski definition) is 1. The van der Waals surface area contributed by atoms with Crippen molar-refractivity contribution in [2.24, 2.45) is 5.92 Å². The van der Waals surface area contributed by atoms with Crippen LogP contribution in [0.2, 0.25) is 0 Å². The van der Waals surface area contributed by atoms with Gasteiger partial charge in [0.2, 0.25) is 5.91 Å². The number of carbonyl (C=O) groups excluding carboxylic acids is 1. The van der Waals surface area contributed by atoms with Gasteiger partial charge in [0.05, 0.1) is 0 Å². The second-order valence-electron chi connectivity index (χ2n) is 2.60. The van der Waals surface area contributed by atoms with Gasteiger partial charge in [-0.05, 0) is 0 Å². The van der Waals surface area contributed by atoms with E-state index < -0.39 is 11.9 Å². The highest BCUT2D eigenvalue weighted by molar-refractivity contribution is 6.01. The number of hydrogen-bond acceptors (Lipinski definition) is 2. The highest BCUT2D eigenvalue weighted by atomic mass is 16.4. The Labute approximate surface area is 64.1 Å². The maximum absolute atomic E-state index is 11.0. The summed E-state index contributed by atoms with van der Waals surface area (Å²) in [5, 5.41) is 8.58. The summed E-state index contributed by atoms with van der Waals surface area (Å²) in [4.78, 5) is 22.8. The smallest absolute Gasteiger partial charge is 0.312 e. The molecule has 1 saturated heterocycles. The van der Waals surface area contributed by atoms with Crippen LogP contribution < -0.4 is 0 Å². The van der Waals surface area contributed by atoms with Crippen LogP contribution in [0.3, 0.4) is 0 Å². The Hall–Kier alpha value is -1.32. The van der Waals surface area contributed by atoms with Gasteiger partial charge >= 0.3 is 5.97 Å². The molecule has 0 aromatic rings. The largest absolute Gasteiger partial charge is 0.481 e. The maximum atomic E-state index is 11.0. The van der Waals surface area contributed by atoms with Gasteiger partial charge in [-0.2, -0.15) is 0 Å². The van der Waals surface area contributed by atoms with Crippen LogP contribution in [0.25, 0.3) is 0 Å². The molecule has 1 rings (SSSR count). The average molecular weight is 155 g/mol. The fourth-order valence-electron chi connectivity index (χ4n) is 1.09. The zero-order valence-corrected chi connectivity index (χ0v) is 6.20. The SMILES string of the molecule is C=C1C(=O)N(C)CC1C(=O)O. The third-order valence-electron chi connectivity index (χ3n) is 1.80. The summed E-state index contributed by atoms with van der Waals surface area (Å²) in [5.74, 6) is -1.96. The molecule has 1 unspecified atom stereocenters. The number of likely N-dealkylation sites (tertiary alicyclic amines) is 1. The Bertz CT molecular complexity index is 234. The van der Waals surface area contributed by atoms with Crippen molar-refractivity contribution in [3.05, 3.63) is 12.2 Å². The molecule has 1 fully saturated rings. The summed E-state index contributed by atoms with van der Waals surface area (Å²) >= 11 is 0. The number of nitrogens with zero attached hydrogens (tertiary/aromatic N) is 1. The van der Waals surface area contributed by atoms with Gasteiger partial charge in [0.15, 0.2) is 0 Å². The second kappa shape index (κ2) is 2.38. The molecule has 0 bridgehead atoms. The fraction of sp³-hybridized carbons (Fsp3) is 0.429. The lowest BCUT2D eigenvalue weighted by atomic mass is 10.1. The van der Waals surface area contributed by atoms with E-state index in [4.69, 9.17) is 5.11 Å². The van der Waals surface area contributed by atoms with E-state index in [-0.39, 0.29) is 18.0 Å². The molecular weight excluding hydrogens is 146 g/mol. The summed E-state index contributed by atoms with van der Waals surface area (Å²) < 4.78 is 0. The molecule has 1 aliphatic heterocycles. The molecule has 1 amide bonds. The minimum Gasteiger partial charge on any atom is -0.481 e. The van der Waals surface area contributed by atoms with E-state index in [1.54, 1.807) is 7.05 Å². The first-order valence-corrected chi connectivity index (χ1v) is 3.21. The number of likely N-dealkylation sites (N-methyl/N-ethyl adjacent to an activating group) is 1. The normalized spacial score (nSPS) is 24.5. The summed E-state index contributed by atoms with van der Waals surface area (Å²) in [5.41, 5.74) is 0.181. The van der Waals surface area contributed by atoms with Gasteiger partial charge in [-0.25, -0.2) is 0 Å². The summed E-state index contributed by atoms with van der Waals surface area (Å²) in [6.45, 7) is 3.66. The molecule has 0 aliphatic carbocycles. The molecule has 0 aromatic heterocycles. The van der Waals surface area contributed by atoms with Crippen LogP contribution in [0.1, 0.15) is 0 Å². The van der Waals surface area contributed by atoms with Gasteiger partial charge in [-0.1, -0.05) is 6.58 Å². The third kappa shape index (κ3) is 1.11. The van der Waals surface area contributed by atoms with Crippen molar-refractivity contribution in [2.45, 2.75) is 0 Å². The molecule has 11 heavy (non-hydrogen) atoms. The van der Waals surface area contributed by atoms with E-state index in [0.29, 0.717) is 0 Å². The van der Waals surface area contributed by atoms with Gasteiger partial charge in [0.1, 0.15) is 5.92 Å². The van der Waals surface area contributed by atoms with Crippen molar-refractivity contribution in [3.8, 4) is 0 Å². The molecule has 60 valence electrons. The molecular formula is C7H9NO3. The number of aliphatic carboxylic acids is 1. The van der Waals surface area contributed by atoms with Gasteiger partial charge in [-0.3, -0.25) is 9.59 Å². The average Bonchev–Trinajstić information content (AvgIpc) is 2.17. The first-order valence-electron chi connectivity index (χ1n) is 3.21. The summed E-state index contributed by atoms with van der Waals surface area (Å²) in [6.07, 6.45) is 0. The Morgan fingerprint density at radius 1 is 1.82 bits per heavy atom. The third-order valence-corrected chi connectivity index (χ3v) is 1.80. The first kappa shape index (κ1) is 7.78. The van der Waals surface area contributed by atoms with Crippen LogP contribution in [0.5, 0.6) is 0 Å². The van der Waals surface area contributed by atoms with Crippen LogP contribution in [0, 0.1) is 5.92 Å². The molecule has 1 N–H and O–H groups in total. The lowest BCUT2D eigenvalue weighted by Gasteiger charge is -2.04. The lowest BCUT2D eigenvalue weighted by Crippen LogP contribution is -2.20. The van der Waals surface area contributed by atoms with Crippen molar-refractivity contribution in [2.75, 3.05) is 13.6 Å². The molecule has 0 saturated carbocycles. The zero-order valence-electron chi connectivity index (χ0n) is 6.20. The van der Waals surface area contributed by atoms with Crippen molar-refractivity contribution in [1.29, 1.82) is 0 Å². The zero-order chi connectivity index (χ0) is 8.59. The number of carboxylic acids is 1. The Morgan fingerprint density at radius 2 is 2.36 bits per heavy atom.